The van der Waals surface area contributed by atoms with Crippen LogP contribution in [0.25, 0.3) is 11.2 Å². The normalized spacial score (nSPS) is 31.4. The quantitative estimate of drug-likeness (QED) is 0.516. The number of halogens is 1. The average Bonchev–Trinajstić information content (AvgIpc) is 2.81. The summed E-state index contributed by atoms with van der Waals surface area (Å²) in [4.78, 5) is 12.1. The van der Waals surface area contributed by atoms with Gasteiger partial charge in [0, 0.05) is 0 Å². The van der Waals surface area contributed by atoms with E-state index in [1.54, 1.807) is 4.57 Å². The van der Waals surface area contributed by atoms with Gasteiger partial charge in [-0.25, -0.2) is 15.0 Å². The fourth-order valence-electron chi connectivity index (χ4n) is 2.67. The fourth-order valence-corrected chi connectivity index (χ4v) is 2.85. The summed E-state index contributed by atoms with van der Waals surface area (Å²) in [6, 6.07) is -0.501. The van der Waals surface area contributed by atoms with Crippen LogP contribution in [0.2, 0.25) is 5.15 Å². The van der Waals surface area contributed by atoms with E-state index in [-0.39, 0.29) is 5.15 Å². The number of fused-ring (bicyclic) bond motifs is 1. The number of nitrogens with zero attached hydrogens (tertiary/aromatic N) is 4. The molecule has 1 aliphatic rings. The lowest BCUT2D eigenvalue weighted by Crippen LogP contribution is -2.34. The molecular weight excluding hydrogens is 284 g/mol. The first-order chi connectivity index (χ1) is 9.58. The lowest BCUT2D eigenvalue weighted by atomic mass is 10.0. The maximum atomic E-state index is 10.2. The monoisotopic (exact) mass is 298 g/mol. The summed E-state index contributed by atoms with van der Waals surface area (Å²) in [6.45, 7) is 0. The Morgan fingerprint density at radius 1 is 1.15 bits per heavy atom. The van der Waals surface area contributed by atoms with Crippen molar-refractivity contribution in [3.8, 4) is 0 Å². The van der Waals surface area contributed by atoms with E-state index >= 15 is 0 Å². The SMILES string of the molecule is O[C@@H]1CC[C@@H](O)[C@H](O)[C@H](n2cnc3c(Cl)ncnc32)C1. The zero-order chi connectivity index (χ0) is 14.3. The maximum absolute atomic E-state index is 10.2. The summed E-state index contributed by atoms with van der Waals surface area (Å²) in [5, 5.41) is 30.3. The van der Waals surface area contributed by atoms with Gasteiger partial charge in [0.05, 0.1) is 24.6 Å². The van der Waals surface area contributed by atoms with Crippen molar-refractivity contribution in [1.82, 2.24) is 19.5 Å². The van der Waals surface area contributed by atoms with Crippen molar-refractivity contribution < 1.29 is 15.3 Å². The molecule has 3 rings (SSSR count). The molecule has 2 aromatic heterocycles. The van der Waals surface area contributed by atoms with Gasteiger partial charge < -0.3 is 19.9 Å². The third-order valence-electron chi connectivity index (χ3n) is 3.77. The van der Waals surface area contributed by atoms with Crippen molar-refractivity contribution in [1.29, 1.82) is 0 Å². The Labute approximate surface area is 119 Å². The minimum absolute atomic E-state index is 0.234. The first kappa shape index (κ1) is 13.7. The number of hydrogen-bond donors (Lipinski definition) is 3. The number of aromatic nitrogens is 4. The van der Waals surface area contributed by atoms with Crippen LogP contribution in [-0.2, 0) is 0 Å². The van der Waals surface area contributed by atoms with E-state index in [1.165, 1.54) is 12.7 Å². The first-order valence-corrected chi connectivity index (χ1v) is 6.83. The lowest BCUT2D eigenvalue weighted by Gasteiger charge is -2.25. The Morgan fingerprint density at radius 2 is 1.95 bits per heavy atom. The molecule has 0 radical (unpaired) electrons. The summed E-state index contributed by atoms with van der Waals surface area (Å²) in [7, 11) is 0. The average molecular weight is 299 g/mol. The van der Waals surface area contributed by atoms with Crippen LogP contribution >= 0.6 is 11.6 Å². The molecule has 3 N–H and O–H groups in total. The summed E-state index contributed by atoms with van der Waals surface area (Å²) in [5.41, 5.74) is 0.921. The predicted octanol–water partition coefficient (Wildman–Crippen LogP) is 0.287. The fraction of sp³-hybridized carbons (Fsp3) is 0.583. The van der Waals surface area contributed by atoms with E-state index in [0.717, 1.165) is 0 Å². The Morgan fingerprint density at radius 3 is 2.75 bits per heavy atom. The minimum atomic E-state index is -0.988. The van der Waals surface area contributed by atoms with Gasteiger partial charge in [-0.2, -0.15) is 0 Å². The third kappa shape index (κ3) is 2.26. The highest BCUT2D eigenvalue weighted by Gasteiger charge is 2.34. The molecule has 0 aliphatic heterocycles. The predicted molar refractivity (Wildman–Crippen MR) is 71.2 cm³/mol. The molecule has 8 heteroatoms. The number of rotatable bonds is 1. The Kier molecular flexibility index (Phi) is 3.59. The second kappa shape index (κ2) is 5.25. The highest BCUT2D eigenvalue weighted by Crippen LogP contribution is 2.31. The molecule has 1 aliphatic carbocycles. The number of imidazole rings is 1. The van der Waals surface area contributed by atoms with Crippen molar-refractivity contribution in [2.24, 2.45) is 0 Å². The van der Waals surface area contributed by atoms with E-state index in [4.69, 9.17) is 11.6 Å². The number of hydrogen-bond acceptors (Lipinski definition) is 6. The molecule has 2 heterocycles. The Hall–Kier alpha value is -1.28. The van der Waals surface area contributed by atoms with Gasteiger partial charge in [-0.15, -0.1) is 0 Å². The van der Waals surface area contributed by atoms with Crippen molar-refractivity contribution >= 4 is 22.8 Å². The van der Waals surface area contributed by atoms with Crippen LogP contribution in [0.5, 0.6) is 0 Å². The first-order valence-electron chi connectivity index (χ1n) is 6.45. The van der Waals surface area contributed by atoms with Crippen molar-refractivity contribution in [2.75, 3.05) is 0 Å². The molecule has 1 fully saturated rings. The minimum Gasteiger partial charge on any atom is -0.393 e. The van der Waals surface area contributed by atoms with Crippen LogP contribution in [-0.4, -0.2) is 53.2 Å². The molecule has 0 spiro atoms. The number of aliphatic hydroxyl groups excluding tert-OH is 3. The van der Waals surface area contributed by atoms with Gasteiger partial charge in [0.15, 0.2) is 10.8 Å². The van der Waals surface area contributed by atoms with Crippen LogP contribution in [0.15, 0.2) is 12.7 Å². The molecular formula is C12H15ClN4O3. The molecule has 1 saturated carbocycles. The van der Waals surface area contributed by atoms with Crippen molar-refractivity contribution in [3.63, 3.8) is 0 Å². The summed E-state index contributed by atoms with van der Waals surface area (Å²) >= 11 is 5.95. The van der Waals surface area contributed by atoms with E-state index in [9.17, 15) is 15.3 Å². The molecule has 4 atom stereocenters. The highest BCUT2D eigenvalue weighted by atomic mass is 35.5. The lowest BCUT2D eigenvalue weighted by molar-refractivity contribution is -0.0110. The Bertz CT molecular complexity index is 620. The molecule has 0 amide bonds. The summed E-state index contributed by atoms with van der Waals surface area (Å²) < 4.78 is 1.64. The smallest absolute Gasteiger partial charge is 0.165 e. The van der Waals surface area contributed by atoms with Crippen LogP contribution in [0.3, 0.4) is 0 Å². The third-order valence-corrected chi connectivity index (χ3v) is 4.05. The van der Waals surface area contributed by atoms with Crippen LogP contribution < -0.4 is 0 Å². The Balaban J connectivity index is 2.06. The molecule has 20 heavy (non-hydrogen) atoms. The molecule has 0 bridgehead atoms. The molecule has 2 aromatic rings. The van der Waals surface area contributed by atoms with E-state index in [2.05, 4.69) is 15.0 Å². The van der Waals surface area contributed by atoms with Gasteiger partial charge in [0.1, 0.15) is 17.9 Å². The van der Waals surface area contributed by atoms with Gasteiger partial charge in [-0.1, -0.05) is 11.6 Å². The summed E-state index contributed by atoms with van der Waals surface area (Å²) in [5.74, 6) is 0. The van der Waals surface area contributed by atoms with Gasteiger partial charge in [0.25, 0.3) is 0 Å². The zero-order valence-corrected chi connectivity index (χ0v) is 11.3. The molecule has 7 nitrogen and oxygen atoms in total. The molecule has 0 aromatic carbocycles. The second-order valence-corrected chi connectivity index (χ2v) is 5.44. The van der Waals surface area contributed by atoms with Gasteiger partial charge in [-0.3, -0.25) is 0 Å². The van der Waals surface area contributed by atoms with Gasteiger partial charge in [-0.05, 0) is 19.3 Å². The van der Waals surface area contributed by atoms with E-state index < -0.39 is 24.4 Å². The standard InChI is InChI=1S/C12H15ClN4O3/c13-11-9-12(15-4-14-11)17(5-16-9)7-3-6(18)1-2-8(19)10(7)20/h4-8,10,18-20H,1-3H2/t6-,7-,8-,10-/m1/s1. The largest absolute Gasteiger partial charge is 0.393 e. The summed E-state index contributed by atoms with van der Waals surface area (Å²) in [6.07, 6.45) is 1.51. The van der Waals surface area contributed by atoms with Crippen molar-refractivity contribution in [2.45, 2.75) is 43.6 Å². The van der Waals surface area contributed by atoms with Gasteiger partial charge >= 0.3 is 0 Å². The maximum Gasteiger partial charge on any atom is 0.165 e. The topological polar surface area (TPSA) is 104 Å². The highest BCUT2D eigenvalue weighted by molar-refractivity contribution is 6.33. The number of aliphatic hydroxyl groups is 3. The van der Waals surface area contributed by atoms with Crippen molar-refractivity contribution in [3.05, 3.63) is 17.8 Å². The molecule has 0 unspecified atom stereocenters. The van der Waals surface area contributed by atoms with E-state index in [1.807, 2.05) is 0 Å². The van der Waals surface area contributed by atoms with Gasteiger partial charge in [0.2, 0.25) is 0 Å². The van der Waals surface area contributed by atoms with Crippen LogP contribution in [0, 0.1) is 0 Å². The zero-order valence-electron chi connectivity index (χ0n) is 10.6. The van der Waals surface area contributed by atoms with E-state index in [0.29, 0.717) is 30.4 Å². The van der Waals surface area contributed by atoms with Crippen LogP contribution in [0.1, 0.15) is 25.3 Å². The van der Waals surface area contributed by atoms with Crippen LogP contribution in [0.4, 0.5) is 0 Å². The molecule has 0 saturated heterocycles. The molecule has 108 valence electrons. The second-order valence-electron chi connectivity index (χ2n) is 5.08.